The Labute approximate surface area is 184 Å². The van der Waals surface area contributed by atoms with Crippen molar-refractivity contribution in [3.63, 3.8) is 0 Å². The van der Waals surface area contributed by atoms with Crippen LogP contribution in [-0.4, -0.2) is 19.5 Å². The summed E-state index contributed by atoms with van der Waals surface area (Å²) in [6.45, 7) is 1.53. The maximum atomic E-state index is 13.0. The minimum absolute atomic E-state index is 0.0640. The molecule has 3 rings (SSSR count). The number of aromatic nitrogens is 1. The Bertz CT molecular complexity index is 1260. The van der Waals surface area contributed by atoms with E-state index < -0.39 is 37.6 Å². The predicted octanol–water partition coefficient (Wildman–Crippen LogP) is 5.36. The van der Waals surface area contributed by atoms with Crippen molar-refractivity contribution >= 4 is 50.5 Å². The number of hydrogen-bond acceptors (Lipinski definition) is 5. The molecule has 0 aliphatic carbocycles. The first kappa shape index (κ1) is 22.9. The number of alkyl halides is 3. The second-order valence-corrected chi connectivity index (χ2v) is 8.66. The first-order chi connectivity index (χ1) is 14.4. The molecule has 31 heavy (non-hydrogen) atoms. The number of rotatable bonds is 5. The van der Waals surface area contributed by atoms with Gasteiger partial charge in [-0.05, 0) is 43.3 Å². The second kappa shape index (κ2) is 8.40. The fourth-order valence-electron chi connectivity index (χ4n) is 2.48. The molecule has 0 radical (unpaired) electrons. The molecular formula is C18H12Cl2F3N3O4S. The van der Waals surface area contributed by atoms with Crippen LogP contribution in [0, 0.1) is 6.92 Å². The van der Waals surface area contributed by atoms with Gasteiger partial charge in [0.2, 0.25) is 0 Å². The molecule has 1 amide bonds. The van der Waals surface area contributed by atoms with E-state index in [2.05, 4.69) is 15.2 Å². The summed E-state index contributed by atoms with van der Waals surface area (Å²) in [4.78, 5) is 11.5. The van der Waals surface area contributed by atoms with Crippen LogP contribution in [-0.2, 0) is 16.2 Å². The minimum Gasteiger partial charge on any atom is -0.361 e. The highest BCUT2D eigenvalue weighted by Gasteiger charge is 2.33. The number of hydrogen-bond donors (Lipinski definition) is 2. The van der Waals surface area contributed by atoms with Gasteiger partial charge in [-0.3, -0.25) is 9.52 Å². The monoisotopic (exact) mass is 493 g/mol. The van der Waals surface area contributed by atoms with Crippen LogP contribution in [0.5, 0.6) is 0 Å². The van der Waals surface area contributed by atoms with Crippen molar-refractivity contribution in [3.8, 4) is 0 Å². The number of amides is 1. The summed E-state index contributed by atoms with van der Waals surface area (Å²) in [5.41, 5.74) is -1.06. The van der Waals surface area contributed by atoms with Crippen LogP contribution < -0.4 is 10.0 Å². The summed E-state index contributed by atoms with van der Waals surface area (Å²) < 4.78 is 71.2. The summed E-state index contributed by atoms with van der Waals surface area (Å²) in [5.74, 6) is -0.303. The molecule has 0 spiro atoms. The van der Waals surface area contributed by atoms with E-state index in [1.807, 2.05) is 0 Å². The third kappa shape index (κ3) is 5.12. The molecule has 0 saturated carbocycles. The molecule has 3 aromatic rings. The van der Waals surface area contributed by atoms with Gasteiger partial charge in [-0.1, -0.05) is 28.4 Å². The van der Waals surface area contributed by atoms with Crippen LogP contribution >= 0.6 is 23.2 Å². The normalized spacial score (nSPS) is 11.9. The van der Waals surface area contributed by atoms with Gasteiger partial charge in [0.15, 0.2) is 0 Å². The van der Waals surface area contributed by atoms with Crippen molar-refractivity contribution in [2.45, 2.75) is 18.0 Å². The summed E-state index contributed by atoms with van der Waals surface area (Å²) in [7, 11) is -4.55. The molecule has 1 aromatic heterocycles. The average Bonchev–Trinajstić information content (AvgIpc) is 3.09. The van der Waals surface area contributed by atoms with E-state index in [9.17, 15) is 26.4 Å². The maximum Gasteiger partial charge on any atom is 0.416 e. The second-order valence-electron chi connectivity index (χ2n) is 6.19. The average molecular weight is 494 g/mol. The lowest BCUT2D eigenvalue weighted by Gasteiger charge is -2.14. The predicted molar refractivity (Wildman–Crippen MR) is 108 cm³/mol. The van der Waals surface area contributed by atoms with Crippen LogP contribution in [0.15, 0.2) is 52.0 Å². The van der Waals surface area contributed by atoms with Crippen molar-refractivity contribution in [2.75, 3.05) is 10.0 Å². The number of halogens is 5. The zero-order chi connectivity index (χ0) is 23.0. The molecular weight excluding hydrogens is 482 g/mol. The van der Waals surface area contributed by atoms with Crippen LogP contribution in [0.3, 0.4) is 0 Å². The van der Waals surface area contributed by atoms with Gasteiger partial charge in [-0.2, -0.15) is 13.2 Å². The van der Waals surface area contributed by atoms with E-state index in [4.69, 9.17) is 27.7 Å². The molecule has 2 N–H and O–H groups in total. The van der Waals surface area contributed by atoms with Gasteiger partial charge in [0, 0.05) is 5.69 Å². The number of nitrogens with one attached hydrogen (secondary N) is 2. The Balaban J connectivity index is 1.91. The smallest absolute Gasteiger partial charge is 0.361 e. The molecule has 7 nitrogen and oxygen atoms in total. The van der Waals surface area contributed by atoms with Gasteiger partial charge in [-0.15, -0.1) is 0 Å². The van der Waals surface area contributed by atoms with Crippen LogP contribution in [0.1, 0.15) is 21.7 Å². The first-order valence-electron chi connectivity index (χ1n) is 8.30. The number of nitrogens with zero attached hydrogens (tertiary/aromatic N) is 1. The molecule has 13 heteroatoms. The molecule has 0 fully saturated rings. The van der Waals surface area contributed by atoms with E-state index in [0.29, 0.717) is 12.1 Å². The van der Waals surface area contributed by atoms with Crippen molar-refractivity contribution in [1.82, 2.24) is 5.16 Å². The van der Waals surface area contributed by atoms with Crippen LogP contribution in [0.4, 0.5) is 24.5 Å². The highest BCUT2D eigenvalue weighted by atomic mass is 35.5. The van der Waals surface area contributed by atoms with E-state index >= 15 is 0 Å². The lowest BCUT2D eigenvalue weighted by Crippen LogP contribution is -2.16. The Morgan fingerprint density at radius 1 is 1.10 bits per heavy atom. The molecule has 0 bridgehead atoms. The molecule has 164 valence electrons. The first-order valence-corrected chi connectivity index (χ1v) is 10.5. The number of carbonyl (C=O) groups excluding carboxylic acids is 1. The minimum atomic E-state index is -4.77. The van der Waals surface area contributed by atoms with E-state index in [1.54, 1.807) is 0 Å². The third-order valence-electron chi connectivity index (χ3n) is 4.01. The lowest BCUT2D eigenvalue weighted by molar-refractivity contribution is -0.137. The van der Waals surface area contributed by atoms with Crippen LogP contribution in [0.25, 0.3) is 0 Å². The number of benzene rings is 2. The third-order valence-corrected chi connectivity index (χ3v) is 6.19. The van der Waals surface area contributed by atoms with Gasteiger partial charge in [0.05, 0.1) is 27.5 Å². The fraction of sp³-hybridized carbons (Fsp3) is 0.111. The SMILES string of the molecule is Cc1oncc1C(=O)Nc1ccc(Cl)c(NS(=O)(=O)c2cc(C(F)(F)F)ccc2Cl)c1. The summed E-state index contributed by atoms with van der Waals surface area (Å²) >= 11 is 11.8. The Kier molecular flexibility index (Phi) is 6.21. The molecule has 0 unspecified atom stereocenters. The Morgan fingerprint density at radius 2 is 1.77 bits per heavy atom. The van der Waals surface area contributed by atoms with Gasteiger partial charge in [0.1, 0.15) is 16.2 Å². The number of anilines is 2. The zero-order valence-corrected chi connectivity index (χ0v) is 17.7. The molecule has 0 aliphatic heterocycles. The molecule has 0 saturated heterocycles. The van der Waals surface area contributed by atoms with Gasteiger partial charge >= 0.3 is 6.18 Å². The van der Waals surface area contributed by atoms with E-state index in [-0.39, 0.29) is 27.7 Å². The molecule has 2 aromatic carbocycles. The standard InChI is InChI=1S/C18H12Cl2F3N3O4S/c1-9-12(8-24-30-9)17(27)25-11-3-5-13(19)15(7-11)26-31(28,29)16-6-10(18(21,22)23)2-4-14(16)20/h2-8,26H,1H3,(H,25,27). The number of sulfonamides is 1. The number of carbonyl (C=O) groups is 1. The fourth-order valence-corrected chi connectivity index (χ4v) is 4.30. The van der Waals surface area contributed by atoms with Gasteiger partial charge in [0.25, 0.3) is 15.9 Å². The summed E-state index contributed by atoms with van der Waals surface area (Å²) in [5, 5.41) is 5.52. The lowest BCUT2D eigenvalue weighted by atomic mass is 10.2. The van der Waals surface area contributed by atoms with Crippen molar-refractivity contribution in [2.24, 2.45) is 0 Å². The van der Waals surface area contributed by atoms with Gasteiger partial charge in [-0.25, -0.2) is 8.42 Å². The number of aryl methyl sites for hydroxylation is 1. The van der Waals surface area contributed by atoms with Gasteiger partial charge < -0.3 is 9.84 Å². The molecule has 0 atom stereocenters. The Morgan fingerprint density at radius 3 is 2.39 bits per heavy atom. The van der Waals surface area contributed by atoms with E-state index in [1.165, 1.54) is 31.3 Å². The quantitative estimate of drug-likeness (QED) is 0.497. The zero-order valence-electron chi connectivity index (χ0n) is 15.4. The van der Waals surface area contributed by atoms with Crippen molar-refractivity contribution < 1.29 is 30.9 Å². The topological polar surface area (TPSA) is 101 Å². The van der Waals surface area contributed by atoms with Crippen LogP contribution in [0.2, 0.25) is 10.0 Å². The van der Waals surface area contributed by atoms with Crippen molar-refractivity contribution in [3.05, 3.63) is 69.5 Å². The largest absolute Gasteiger partial charge is 0.416 e. The summed E-state index contributed by atoms with van der Waals surface area (Å²) in [6.07, 6.45) is -3.56. The Hall–Kier alpha value is -2.76. The highest BCUT2D eigenvalue weighted by Crippen LogP contribution is 2.35. The van der Waals surface area contributed by atoms with E-state index in [0.717, 1.165) is 6.07 Å². The summed E-state index contributed by atoms with van der Waals surface area (Å²) in [6, 6.07) is 5.80. The highest BCUT2D eigenvalue weighted by molar-refractivity contribution is 7.92. The molecule has 1 heterocycles. The molecule has 0 aliphatic rings. The van der Waals surface area contributed by atoms with Crippen molar-refractivity contribution in [1.29, 1.82) is 0 Å². The maximum absolute atomic E-state index is 13.0.